The fourth-order valence-corrected chi connectivity index (χ4v) is 3.13. The molecule has 2 N–H and O–H groups in total. The number of benzene rings is 1. The van der Waals surface area contributed by atoms with E-state index in [1.807, 2.05) is 26.8 Å². The molecule has 3 rings (SSSR count). The predicted molar refractivity (Wildman–Crippen MR) is 99.4 cm³/mol. The quantitative estimate of drug-likeness (QED) is 0.719. The normalized spacial score (nSPS) is 13.2. The first kappa shape index (κ1) is 17.9. The van der Waals surface area contributed by atoms with Crippen LogP contribution in [-0.4, -0.2) is 31.5 Å². The van der Waals surface area contributed by atoms with Crippen LogP contribution in [0.2, 0.25) is 10.0 Å². The van der Waals surface area contributed by atoms with E-state index in [-0.39, 0.29) is 12.0 Å². The van der Waals surface area contributed by atoms with E-state index in [0.29, 0.717) is 27.1 Å². The van der Waals surface area contributed by atoms with Gasteiger partial charge in [0.2, 0.25) is 0 Å². The highest BCUT2D eigenvalue weighted by Gasteiger charge is 2.22. The number of fused-ring (bicyclic) bond motifs is 1. The highest BCUT2D eigenvalue weighted by Crippen LogP contribution is 2.30. The third kappa shape index (κ3) is 3.71. The molecule has 3 aromatic rings. The molecule has 132 valence electrons. The van der Waals surface area contributed by atoms with E-state index in [1.165, 1.54) is 0 Å². The summed E-state index contributed by atoms with van der Waals surface area (Å²) in [5, 5.41) is 27.2. The van der Waals surface area contributed by atoms with Crippen LogP contribution >= 0.6 is 23.2 Å². The molecule has 0 aliphatic carbocycles. The largest absolute Gasteiger partial charge is 0.386 e. The van der Waals surface area contributed by atoms with Crippen LogP contribution < -0.4 is 5.32 Å². The number of halogens is 2. The molecule has 0 amide bonds. The molecule has 2 aromatic heterocycles. The van der Waals surface area contributed by atoms with Gasteiger partial charge >= 0.3 is 0 Å². The summed E-state index contributed by atoms with van der Waals surface area (Å²) in [6.45, 7) is 6.37. The molecule has 8 heteroatoms. The van der Waals surface area contributed by atoms with Crippen LogP contribution in [0, 0.1) is 0 Å². The summed E-state index contributed by atoms with van der Waals surface area (Å²) in [5.74, 6) is 1.36. The van der Waals surface area contributed by atoms with Crippen molar-refractivity contribution >= 4 is 34.7 Å². The van der Waals surface area contributed by atoms with Crippen LogP contribution in [0.25, 0.3) is 5.65 Å². The molecule has 0 bridgehead atoms. The Balaban J connectivity index is 1.81. The average Bonchev–Trinajstić information content (AvgIpc) is 2.96. The van der Waals surface area contributed by atoms with E-state index in [2.05, 4.69) is 20.6 Å². The number of nitrogens with one attached hydrogen (secondary N) is 1. The standard InChI is InChI=1S/C17H19Cl2N5O/c1-17(2,3)16-22-21-14-8-7-13(23-24(14)16)20-9-12(25)15-10(18)5-4-6-11(15)19/h4-8,12,25H,9H2,1-3H3,(H,20,23). The zero-order valence-electron chi connectivity index (χ0n) is 14.2. The molecule has 0 radical (unpaired) electrons. The number of hydrogen-bond donors (Lipinski definition) is 2. The molecule has 0 spiro atoms. The molecule has 2 heterocycles. The van der Waals surface area contributed by atoms with Crippen LogP contribution in [0.1, 0.15) is 38.3 Å². The summed E-state index contributed by atoms with van der Waals surface area (Å²) in [6, 6.07) is 8.75. The molecule has 6 nitrogen and oxygen atoms in total. The number of hydrogen-bond acceptors (Lipinski definition) is 5. The van der Waals surface area contributed by atoms with Crippen molar-refractivity contribution in [1.82, 2.24) is 19.8 Å². The van der Waals surface area contributed by atoms with Crippen molar-refractivity contribution in [3.05, 3.63) is 51.8 Å². The first-order valence-electron chi connectivity index (χ1n) is 7.86. The van der Waals surface area contributed by atoms with Crippen molar-refractivity contribution in [3.8, 4) is 0 Å². The van der Waals surface area contributed by atoms with Crippen molar-refractivity contribution in [1.29, 1.82) is 0 Å². The maximum absolute atomic E-state index is 10.4. The Morgan fingerprint density at radius 1 is 1.12 bits per heavy atom. The van der Waals surface area contributed by atoms with Crippen molar-refractivity contribution in [2.75, 3.05) is 11.9 Å². The van der Waals surface area contributed by atoms with Gasteiger partial charge in [0.25, 0.3) is 0 Å². The number of anilines is 1. The fourth-order valence-electron chi connectivity index (χ4n) is 2.48. The molecule has 0 fully saturated rings. The second-order valence-corrected chi connectivity index (χ2v) is 7.61. The van der Waals surface area contributed by atoms with Crippen LogP contribution in [0.4, 0.5) is 5.82 Å². The van der Waals surface area contributed by atoms with Crippen LogP contribution in [0.3, 0.4) is 0 Å². The summed E-state index contributed by atoms with van der Waals surface area (Å²) in [7, 11) is 0. The highest BCUT2D eigenvalue weighted by molar-refractivity contribution is 6.36. The molecule has 0 saturated carbocycles. The third-order valence-corrected chi connectivity index (χ3v) is 4.40. The molecular weight excluding hydrogens is 361 g/mol. The second kappa shape index (κ2) is 6.78. The van der Waals surface area contributed by atoms with Gasteiger partial charge in [-0.15, -0.1) is 15.3 Å². The lowest BCUT2D eigenvalue weighted by Gasteiger charge is -2.17. The van der Waals surface area contributed by atoms with Gasteiger partial charge in [0.1, 0.15) is 5.82 Å². The first-order chi connectivity index (χ1) is 11.8. The zero-order chi connectivity index (χ0) is 18.2. The predicted octanol–water partition coefficient (Wildman–Crippen LogP) is 3.87. The topological polar surface area (TPSA) is 75.3 Å². The first-order valence-corrected chi connectivity index (χ1v) is 8.62. The van der Waals surface area contributed by atoms with Gasteiger partial charge in [-0.3, -0.25) is 0 Å². The molecule has 0 aliphatic heterocycles. The van der Waals surface area contributed by atoms with E-state index in [4.69, 9.17) is 23.2 Å². The van der Waals surface area contributed by atoms with Gasteiger partial charge in [-0.2, -0.15) is 4.52 Å². The Kier molecular flexibility index (Phi) is 4.86. The summed E-state index contributed by atoms with van der Waals surface area (Å²) in [4.78, 5) is 0. The van der Waals surface area contributed by atoms with Gasteiger partial charge in [-0.25, -0.2) is 0 Å². The Bertz CT molecular complexity index is 883. The number of rotatable bonds is 4. The molecule has 1 atom stereocenters. The SMILES string of the molecule is CC(C)(C)c1nnc2ccc(NCC(O)c3c(Cl)cccc3Cl)nn12. The van der Waals surface area contributed by atoms with Gasteiger partial charge in [0.05, 0.1) is 6.10 Å². The molecule has 1 aromatic carbocycles. The summed E-state index contributed by atoms with van der Waals surface area (Å²) in [5.41, 5.74) is 0.986. The summed E-state index contributed by atoms with van der Waals surface area (Å²) in [6.07, 6.45) is -0.860. The van der Waals surface area contributed by atoms with Gasteiger partial charge in [0.15, 0.2) is 11.5 Å². The minimum absolute atomic E-state index is 0.185. The average molecular weight is 380 g/mol. The van der Waals surface area contributed by atoms with Crippen LogP contribution in [0.5, 0.6) is 0 Å². The lowest BCUT2D eigenvalue weighted by atomic mass is 9.96. The fraction of sp³-hybridized carbons (Fsp3) is 0.353. The lowest BCUT2D eigenvalue weighted by Crippen LogP contribution is -2.18. The monoisotopic (exact) mass is 379 g/mol. The van der Waals surface area contributed by atoms with Crippen LogP contribution in [0.15, 0.2) is 30.3 Å². The van der Waals surface area contributed by atoms with Crippen molar-refractivity contribution in [2.24, 2.45) is 0 Å². The van der Waals surface area contributed by atoms with Crippen molar-refractivity contribution in [3.63, 3.8) is 0 Å². The minimum atomic E-state index is -0.860. The van der Waals surface area contributed by atoms with E-state index in [1.54, 1.807) is 28.8 Å². The van der Waals surface area contributed by atoms with Gasteiger partial charge < -0.3 is 10.4 Å². The maximum Gasteiger partial charge on any atom is 0.178 e. The van der Waals surface area contributed by atoms with Gasteiger partial charge in [-0.1, -0.05) is 50.0 Å². The summed E-state index contributed by atoms with van der Waals surface area (Å²) < 4.78 is 1.71. The lowest BCUT2D eigenvalue weighted by molar-refractivity contribution is 0.191. The number of aliphatic hydroxyl groups excluding tert-OH is 1. The smallest absolute Gasteiger partial charge is 0.178 e. The number of nitrogens with zero attached hydrogens (tertiary/aromatic N) is 4. The second-order valence-electron chi connectivity index (χ2n) is 6.79. The maximum atomic E-state index is 10.4. The van der Waals surface area contributed by atoms with E-state index < -0.39 is 6.10 Å². The number of aliphatic hydroxyl groups is 1. The Hall–Kier alpha value is -1.89. The van der Waals surface area contributed by atoms with Gasteiger partial charge in [0, 0.05) is 27.6 Å². The van der Waals surface area contributed by atoms with Crippen molar-refractivity contribution < 1.29 is 5.11 Å². The molecule has 0 saturated heterocycles. The Morgan fingerprint density at radius 2 is 1.80 bits per heavy atom. The van der Waals surface area contributed by atoms with Gasteiger partial charge in [-0.05, 0) is 24.3 Å². The molecule has 1 unspecified atom stereocenters. The Morgan fingerprint density at radius 3 is 2.44 bits per heavy atom. The van der Waals surface area contributed by atoms with Crippen LogP contribution in [-0.2, 0) is 5.41 Å². The molecule has 25 heavy (non-hydrogen) atoms. The van der Waals surface area contributed by atoms with E-state index in [9.17, 15) is 5.11 Å². The molecular formula is C17H19Cl2N5O. The minimum Gasteiger partial charge on any atom is -0.386 e. The highest BCUT2D eigenvalue weighted by atomic mass is 35.5. The van der Waals surface area contributed by atoms with E-state index in [0.717, 1.165) is 5.82 Å². The molecule has 0 aliphatic rings. The van der Waals surface area contributed by atoms with E-state index >= 15 is 0 Å². The zero-order valence-corrected chi connectivity index (χ0v) is 15.7. The van der Waals surface area contributed by atoms with Crippen molar-refractivity contribution in [2.45, 2.75) is 32.3 Å². The number of aromatic nitrogens is 4. The Labute approximate surface area is 155 Å². The summed E-state index contributed by atoms with van der Waals surface area (Å²) >= 11 is 12.3. The third-order valence-electron chi connectivity index (χ3n) is 3.74.